The van der Waals surface area contributed by atoms with Crippen molar-refractivity contribution in [1.82, 2.24) is 10.6 Å². The maximum atomic E-state index is 11.9. The zero-order chi connectivity index (χ0) is 13.2. The Morgan fingerprint density at radius 3 is 2.89 bits per heavy atom. The Bertz CT molecular complexity index is 434. The van der Waals surface area contributed by atoms with Crippen molar-refractivity contribution in [2.24, 2.45) is 5.41 Å². The Balaban J connectivity index is 0.00000180. The van der Waals surface area contributed by atoms with Crippen molar-refractivity contribution in [1.29, 1.82) is 0 Å². The van der Waals surface area contributed by atoms with Crippen LogP contribution >= 0.6 is 35.3 Å². The van der Waals surface area contributed by atoms with Crippen LogP contribution in [0, 0.1) is 5.41 Å². The molecule has 1 aromatic rings. The van der Waals surface area contributed by atoms with E-state index in [1.54, 1.807) is 12.1 Å². The maximum Gasteiger partial charge on any atom is 0.261 e. The lowest BCUT2D eigenvalue weighted by Crippen LogP contribution is -2.52. The molecule has 3 nitrogen and oxygen atoms in total. The van der Waals surface area contributed by atoms with Gasteiger partial charge in [-0.2, -0.15) is 0 Å². The number of halogens is 2. The van der Waals surface area contributed by atoms with E-state index < -0.39 is 0 Å². The largest absolute Gasteiger partial charge is 0.350 e. The lowest BCUT2D eigenvalue weighted by Gasteiger charge is -2.39. The van der Waals surface area contributed by atoms with Crippen molar-refractivity contribution in [3.8, 4) is 0 Å². The van der Waals surface area contributed by atoms with Crippen molar-refractivity contribution in [3.05, 3.63) is 21.3 Å². The number of carbonyl (C=O) groups excluding carboxylic acids is 1. The summed E-state index contributed by atoms with van der Waals surface area (Å²) in [5, 5.41) is 6.47. The van der Waals surface area contributed by atoms with Crippen LogP contribution < -0.4 is 10.6 Å². The van der Waals surface area contributed by atoms with Gasteiger partial charge in [0.15, 0.2) is 0 Å². The zero-order valence-electron chi connectivity index (χ0n) is 11.2. The Morgan fingerprint density at radius 1 is 1.58 bits per heavy atom. The lowest BCUT2D eigenvalue weighted by atomic mass is 9.77. The van der Waals surface area contributed by atoms with Gasteiger partial charge in [-0.3, -0.25) is 4.79 Å². The molecule has 1 aliphatic heterocycles. The van der Waals surface area contributed by atoms with Gasteiger partial charge >= 0.3 is 0 Å². The number of rotatable bonds is 3. The predicted octanol–water partition coefficient (Wildman–Crippen LogP) is 3.33. The molecule has 108 valence electrons. The summed E-state index contributed by atoms with van der Waals surface area (Å²) < 4.78 is 0.649. The molecule has 2 rings (SSSR count). The molecule has 1 unspecified atom stereocenters. The standard InChI is InChI=1S/C13H19ClN2OS.ClH/c1-13(2)6-3-7-15-10(13)8-16-12(17)9-4-5-11(14)18-9;/h4-5,10,15H,3,6-8H2,1-2H3,(H,16,17);1H. The highest BCUT2D eigenvalue weighted by molar-refractivity contribution is 7.17. The molecule has 0 aliphatic carbocycles. The number of thiophene rings is 1. The molecule has 0 aromatic carbocycles. The molecule has 1 aromatic heterocycles. The molecular weight excluding hydrogens is 303 g/mol. The van der Waals surface area contributed by atoms with Gasteiger partial charge in [0, 0.05) is 12.6 Å². The smallest absolute Gasteiger partial charge is 0.261 e. The van der Waals surface area contributed by atoms with Gasteiger partial charge in [-0.05, 0) is 36.9 Å². The summed E-state index contributed by atoms with van der Waals surface area (Å²) in [6, 6.07) is 3.86. The topological polar surface area (TPSA) is 41.1 Å². The fourth-order valence-corrected chi connectivity index (χ4v) is 3.30. The first-order valence-corrected chi connectivity index (χ1v) is 7.45. The second-order valence-electron chi connectivity index (χ2n) is 5.41. The van der Waals surface area contributed by atoms with E-state index in [1.165, 1.54) is 24.2 Å². The number of piperidine rings is 1. The van der Waals surface area contributed by atoms with Crippen LogP contribution in [-0.4, -0.2) is 25.0 Å². The first-order valence-electron chi connectivity index (χ1n) is 6.26. The third kappa shape index (κ3) is 4.35. The molecular formula is C13H20Cl2N2OS. The molecule has 1 amide bonds. The summed E-state index contributed by atoms with van der Waals surface area (Å²) in [5.74, 6) is -0.0323. The molecule has 0 spiro atoms. The van der Waals surface area contributed by atoms with E-state index in [-0.39, 0.29) is 23.7 Å². The Labute approximate surface area is 129 Å². The van der Waals surface area contributed by atoms with Crippen LogP contribution in [0.25, 0.3) is 0 Å². The Hall–Kier alpha value is -0.290. The fraction of sp³-hybridized carbons (Fsp3) is 0.615. The van der Waals surface area contributed by atoms with E-state index in [1.807, 2.05) is 0 Å². The van der Waals surface area contributed by atoms with E-state index >= 15 is 0 Å². The first-order chi connectivity index (χ1) is 8.49. The molecule has 1 atom stereocenters. The summed E-state index contributed by atoms with van der Waals surface area (Å²) >= 11 is 7.14. The van der Waals surface area contributed by atoms with Crippen LogP contribution in [0.15, 0.2) is 12.1 Å². The third-order valence-corrected chi connectivity index (χ3v) is 4.83. The van der Waals surface area contributed by atoms with Crippen molar-refractivity contribution in [2.75, 3.05) is 13.1 Å². The van der Waals surface area contributed by atoms with Gasteiger partial charge in [0.25, 0.3) is 5.91 Å². The van der Waals surface area contributed by atoms with Gasteiger partial charge in [0.05, 0.1) is 9.21 Å². The molecule has 2 heterocycles. The number of hydrogen-bond donors (Lipinski definition) is 2. The van der Waals surface area contributed by atoms with Crippen molar-refractivity contribution >= 4 is 41.3 Å². The maximum absolute atomic E-state index is 11.9. The van der Waals surface area contributed by atoms with Gasteiger partial charge in [-0.1, -0.05) is 25.4 Å². The normalized spacial score (nSPS) is 21.5. The number of amides is 1. The Morgan fingerprint density at radius 2 is 2.32 bits per heavy atom. The predicted molar refractivity (Wildman–Crippen MR) is 83.7 cm³/mol. The van der Waals surface area contributed by atoms with E-state index in [9.17, 15) is 4.79 Å². The lowest BCUT2D eigenvalue weighted by molar-refractivity contribution is 0.0933. The molecule has 0 bridgehead atoms. The van der Waals surface area contributed by atoms with Gasteiger partial charge in [-0.25, -0.2) is 0 Å². The van der Waals surface area contributed by atoms with Crippen LogP contribution in [0.2, 0.25) is 4.34 Å². The highest BCUT2D eigenvalue weighted by atomic mass is 35.5. The molecule has 0 saturated carbocycles. The van der Waals surface area contributed by atoms with Gasteiger partial charge < -0.3 is 10.6 Å². The quantitative estimate of drug-likeness (QED) is 0.896. The van der Waals surface area contributed by atoms with Crippen molar-refractivity contribution in [3.63, 3.8) is 0 Å². The summed E-state index contributed by atoms with van der Waals surface area (Å²) in [6.07, 6.45) is 2.41. The first kappa shape index (κ1) is 16.8. The molecule has 1 fully saturated rings. The Kier molecular flexibility index (Phi) is 6.12. The van der Waals surface area contributed by atoms with Crippen LogP contribution in [0.3, 0.4) is 0 Å². The van der Waals surface area contributed by atoms with Crippen molar-refractivity contribution < 1.29 is 4.79 Å². The average molecular weight is 323 g/mol. The van der Waals surface area contributed by atoms with Crippen LogP contribution in [-0.2, 0) is 0 Å². The van der Waals surface area contributed by atoms with Gasteiger partial charge in [0.2, 0.25) is 0 Å². The summed E-state index contributed by atoms with van der Waals surface area (Å²) in [4.78, 5) is 12.6. The molecule has 0 radical (unpaired) electrons. The molecule has 6 heteroatoms. The second-order valence-corrected chi connectivity index (χ2v) is 7.13. The van der Waals surface area contributed by atoms with E-state index in [0.717, 1.165) is 6.54 Å². The number of nitrogens with one attached hydrogen (secondary N) is 2. The minimum atomic E-state index is -0.0323. The SMILES string of the molecule is CC1(C)CCCNC1CNC(=O)c1ccc(Cl)s1.Cl. The second kappa shape index (κ2) is 6.93. The minimum absolute atomic E-state index is 0. The summed E-state index contributed by atoms with van der Waals surface area (Å²) in [6.45, 7) is 6.20. The zero-order valence-corrected chi connectivity index (χ0v) is 13.6. The van der Waals surface area contributed by atoms with E-state index in [0.29, 0.717) is 21.8 Å². The summed E-state index contributed by atoms with van der Waals surface area (Å²) in [5.41, 5.74) is 0.235. The number of carbonyl (C=O) groups is 1. The van der Waals surface area contributed by atoms with Gasteiger partial charge in [0.1, 0.15) is 0 Å². The third-order valence-electron chi connectivity index (χ3n) is 3.60. The monoisotopic (exact) mass is 322 g/mol. The molecule has 19 heavy (non-hydrogen) atoms. The van der Waals surface area contributed by atoms with Crippen molar-refractivity contribution in [2.45, 2.75) is 32.7 Å². The van der Waals surface area contributed by atoms with Gasteiger partial charge in [-0.15, -0.1) is 23.7 Å². The van der Waals surface area contributed by atoms with Crippen LogP contribution in [0.1, 0.15) is 36.4 Å². The fourth-order valence-electron chi connectivity index (χ4n) is 2.34. The minimum Gasteiger partial charge on any atom is -0.350 e. The van der Waals surface area contributed by atoms with E-state index in [2.05, 4.69) is 24.5 Å². The highest BCUT2D eigenvalue weighted by Gasteiger charge is 2.32. The molecule has 2 N–H and O–H groups in total. The van der Waals surface area contributed by atoms with E-state index in [4.69, 9.17) is 11.6 Å². The number of hydrogen-bond acceptors (Lipinski definition) is 3. The molecule has 1 saturated heterocycles. The van der Waals surface area contributed by atoms with Crippen LogP contribution in [0.5, 0.6) is 0 Å². The molecule has 1 aliphatic rings. The highest BCUT2D eigenvalue weighted by Crippen LogP contribution is 2.29. The van der Waals surface area contributed by atoms with Crippen LogP contribution in [0.4, 0.5) is 0 Å². The average Bonchev–Trinajstić information content (AvgIpc) is 2.73. The summed E-state index contributed by atoms with van der Waals surface area (Å²) in [7, 11) is 0.